The molecule has 0 radical (unpaired) electrons. The Kier molecular flexibility index (Phi) is 4.69. The third-order valence-electron chi connectivity index (χ3n) is 4.74. The first-order chi connectivity index (χ1) is 10.0. The van der Waals surface area contributed by atoms with Crippen LogP contribution in [0, 0.1) is 5.92 Å². The number of thiophene rings is 1. The molecule has 3 heterocycles. The molecule has 2 saturated heterocycles. The summed E-state index contributed by atoms with van der Waals surface area (Å²) in [5.41, 5.74) is 1.44. The SMILES string of the molecule is CS(=O)(=O)N1CCCC(CN2CCCC2c2ccsc2)C1. The lowest BCUT2D eigenvalue weighted by atomic mass is 9.98. The Balaban J connectivity index is 1.63. The van der Waals surface area contributed by atoms with Crippen LogP contribution in [0.15, 0.2) is 16.8 Å². The summed E-state index contributed by atoms with van der Waals surface area (Å²) < 4.78 is 25.1. The Morgan fingerprint density at radius 2 is 2.10 bits per heavy atom. The van der Waals surface area contributed by atoms with E-state index in [0.29, 0.717) is 25.0 Å². The zero-order valence-electron chi connectivity index (χ0n) is 12.6. The first-order valence-electron chi connectivity index (χ1n) is 7.75. The van der Waals surface area contributed by atoms with Crippen molar-refractivity contribution in [3.05, 3.63) is 22.4 Å². The van der Waals surface area contributed by atoms with E-state index in [1.54, 1.807) is 15.6 Å². The normalized spacial score (nSPS) is 29.0. The third kappa shape index (κ3) is 3.67. The van der Waals surface area contributed by atoms with Gasteiger partial charge in [-0.25, -0.2) is 12.7 Å². The van der Waals surface area contributed by atoms with Crippen molar-refractivity contribution in [1.29, 1.82) is 0 Å². The third-order valence-corrected chi connectivity index (χ3v) is 6.71. The Bertz CT molecular complexity index is 556. The highest BCUT2D eigenvalue weighted by atomic mass is 32.2. The van der Waals surface area contributed by atoms with Gasteiger partial charge < -0.3 is 0 Å². The molecule has 2 fully saturated rings. The summed E-state index contributed by atoms with van der Waals surface area (Å²) in [5.74, 6) is 0.479. The van der Waals surface area contributed by atoms with Crippen molar-refractivity contribution < 1.29 is 8.42 Å². The maximum Gasteiger partial charge on any atom is 0.211 e. The number of hydrogen-bond acceptors (Lipinski definition) is 4. The van der Waals surface area contributed by atoms with Gasteiger partial charge in [-0.05, 0) is 60.5 Å². The van der Waals surface area contributed by atoms with E-state index in [1.165, 1.54) is 24.7 Å². The van der Waals surface area contributed by atoms with Crippen molar-refractivity contribution in [3.8, 4) is 0 Å². The Morgan fingerprint density at radius 3 is 2.81 bits per heavy atom. The highest BCUT2D eigenvalue weighted by Crippen LogP contribution is 2.34. The predicted molar refractivity (Wildman–Crippen MR) is 87.0 cm³/mol. The summed E-state index contributed by atoms with van der Waals surface area (Å²) in [6.45, 7) is 3.58. The van der Waals surface area contributed by atoms with E-state index in [-0.39, 0.29) is 0 Å². The summed E-state index contributed by atoms with van der Waals surface area (Å²) in [7, 11) is -3.03. The van der Waals surface area contributed by atoms with Gasteiger partial charge in [0.25, 0.3) is 0 Å². The standard InChI is InChI=1S/C15H24N2O2S2/c1-21(18,19)17-8-2-4-13(11-17)10-16-7-3-5-15(16)14-6-9-20-12-14/h6,9,12-13,15H,2-5,7-8,10-11H2,1H3. The van der Waals surface area contributed by atoms with Crippen molar-refractivity contribution in [2.75, 3.05) is 32.4 Å². The van der Waals surface area contributed by atoms with E-state index in [2.05, 4.69) is 21.7 Å². The van der Waals surface area contributed by atoms with Crippen molar-refractivity contribution >= 4 is 21.4 Å². The molecule has 0 N–H and O–H groups in total. The molecule has 1 aromatic heterocycles. The lowest BCUT2D eigenvalue weighted by Crippen LogP contribution is -2.43. The van der Waals surface area contributed by atoms with Gasteiger partial charge in [-0.15, -0.1) is 0 Å². The molecule has 0 saturated carbocycles. The van der Waals surface area contributed by atoms with E-state index >= 15 is 0 Å². The van der Waals surface area contributed by atoms with Gasteiger partial charge in [-0.3, -0.25) is 4.90 Å². The van der Waals surface area contributed by atoms with Crippen LogP contribution in [-0.2, 0) is 10.0 Å². The first kappa shape index (κ1) is 15.5. The Labute approximate surface area is 131 Å². The maximum absolute atomic E-state index is 11.7. The predicted octanol–water partition coefficient (Wildman–Crippen LogP) is 2.56. The summed E-state index contributed by atoms with van der Waals surface area (Å²) >= 11 is 1.76. The summed E-state index contributed by atoms with van der Waals surface area (Å²) in [5, 5.41) is 4.41. The summed E-state index contributed by atoms with van der Waals surface area (Å²) in [6, 6.07) is 2.78. The van der Waals surface area contributed by atoms with Crippen LogP contribution >= 0.6 is 11.3 Å². The fourth-order valence-electron chi connectivity index (χ4n) is 3.70. The van der Waals surface area contributed by atoms with E-state index in [9.17, 15) is 8.42 Å². The minimum Gasteiger partial charge on any atom is -0.296 e. The molecule has 0 amide bonds. The van der Waals surface area contributed by atoms with Gasteiger partial charge in [0.05, 0.1) is 6.26 Å². The molecule has 4 nitrogen and oxygen atoms in total. The smallest absolute Gasteiger partial charge is 0.211 e. The molecule has 0 spiro atoms. The average molecular weight is 329 g/mol. The van der Waals surface area contributed by atoms with Crippen LogP contribution < -0.4 is 0 Å². The molecule has 0 aromatic carbocycles. The topological polar surface area (TPSA) is 40.6 Å². The van der Waals surface area contributed by atoms with Crippen molar-refractivity contribution in [3.63, 3.8) is 0 Å². The molecule has 0 bridgehead atoms. The monoisotopic (exact) mass is 328 g/mol. The molecule has 0 aliphatic carbocycles. The van der Waals surface area contributed by atoms with Crippen LogP contribution in [0.2, 0.25) is 0 Å². The zero-order chi connectivity index (χ0) is 14.9. The van der Waals surface area contributed by atoms with Crippen LogP contribution in [0.5, 0.6) is 0 Å². The minimum atomic E-state index is -3.03. The molecule has 2 aliphatic heterocycles. The van der Waals surface area contributed by atoms with Crippen LogP contribution in [0.4, 0.5) is 0 Å². The molecule has 6 heteroatoms. The van der Waals surface area contributed by atoms with Gasteiger partial charge in [-0.2, -0.15) is 11.3 Å². The Hall–Kier alpha value is -0.430. The number of rotatable bonds is 4. The second kappa shape index (κ2) is 6.36. The molecular formula is C15H24N2O2S2. The van der Waals surface area contributed by atoms with Crippen LogP contribution in [0.3, 0.4) is 0 Å². The van der Waals surface area contributed by atoms with Crippen LogP contribution in [0.1, 0.15) is 37.3 Å². The lowest BCUT2D eigenvalue weighted by Gasteiger charge is -2.35. The van der Waals surface area contributed by atoms with Gasteiger partial charge in [0.1, 0.15) is 0 Å². The highest BCUT2D eigenvalue weighted by Gasteiger charge is 2.31. The average Bonchev–Trinajstić information content (AvgIpc) is 3.08. The molecule has 1 aromatic rings. The van der Waals surface area contributed by atoms with Crippen molar-refractivity contribution in [2.24, 2.45) is 5.92 Å². The zero-order valence-corrected chi connectivity index (χ0v) is 14.2. The molecule has 21 heavy (non-hydrogen) atoms. The number of likely N-dealkylation sites (tertiary alicyclic amines) is 1. The van der Waals surface area contributed by atoms with Crippen LogP contribution in [0.25, 0.3) is 0 Å². The molecule has 2 aliphatic rings. The largest absolute Gasteiger partial charge is 0.296 e. The number of sulfonamides is 1. The summed E-state index contributed by atoms with van der Waals surface area (Å²) in [6.07, 6.45) is 5.97. The van der Waals surface area contributed by atoms with Crippen molar-refractivity contribution in [1.82, 2.24) is 9.21 Å². The quantitative estimate of drug-likeness (QED) is 0.853. The van der Waals surface area contributed by atoms with Gasteiger partial charge >= 0.3 is 0 Å². The lowest BCUT2D eigenvalue weighted by molar-refractivity contribution is 0.169. The first-order valence-corrected chi connectivity index (χ1v) is 10.5. The van der Waals surface area contributed by atoms with E-state index < -0.39 is 10.0 Å². The fraction of sp³-hybridized carbons (Fsp3) is 0.733. The highest BCUT2D eigenvalue weighted by molar-refractivity contribution is 7.88. The van der Waals surface area contributed by atoms with Gasteiger partial charge in [0, 0.05) is 25.7 Å². The van der Waals surface area contributed by atoms with E-state index in [1.807, 2.05) is 0 Å². The molecule has 118 valence electrons. The molecular weight excluding hydrogens is 304 g/mol. The van der Waals surface area contributed by atoms with Gasteiger partial charge in [0.15, 0.2) is 0 Å². The van der Waals surface area contributed by atoms with Gasteiger partial charge in [0.2, 0.25) is 10.0 Å². The summed E-state index contributed by atoms with van der Waals surface area (Å²) in [4.78, 5) is 2.57. The number of nitrogens with zero attached hydrogens (tertiary/aromatic N) is 2. The second-order valence-electron chi connectivity index (χ2n) is 6.34. The maximum atomic E-state index is 11.7. The van der Waals surface area contributed by atoms with E-state index in [0.717, 1.165) is 25.9 Å². The fourth-order valence-corrected chi connectivity index (χ4v) is 5.34. The minimum absolute atomic E-state index is 0.479. The second-order valence-corrected chi connectivity index (χ2v) is 9.10. The van der Waals surface area contributed by atoms with Crippen LogP contribution in [-0.4, -0.2) is 50.1 Å². The number of hydrogen-bond donors (Lipinski definition) is 0. The number of piperidine rings is 1. The van der Waals surface area contributed by atoms with Gasteiger partial charge in [-0.1, -0.05) is 0 Å². The Morgan fingerprint density at radius 1 is 1.29 bits per heavy atom. The molecule has 2 atom stereocenters. The van der Waals surface area contributed by atoms with Crippen molar-refractivity contribution in [2.45, 2.75) is 31.7 Å². The van der Waals surface area contributed by atoms with E-state index in [4.69, 9.17) is 0 Å². The molecule has 2 unspecified atom stereocenters. The molecule has 3 rings (SSSR count).